The molecule has 4 rings (SSSR count). The normalized spacial score (nSPS) is 14.7. The van der Waals surface area contributed by atoms with E-state index in [9.17, 15) is 4.79 Å². The number of nitrogens with zero attached hydrogens (tertiary/aromatic N) is 3. The Balaban J connectivity index is 1.26. The van der Waals surface area contributed by atoms with E-state index >= 15 is 0 Å². The topological polar surface area (TPSA) is 62.2 Å². The molecule has 0 saturated carbocycles. The van der Waals surface area contributed by atoms with Gasteiger partial charge in [0.25, 0.3) is 0 Å². The Bertz CT molecular complexity index is 976. The van der Waals surface area contributed by atoms with Gasteiger partial charge in [0, 0.05) is 34.7 Å². The maximum absolute atomic E-state index is 12.3. The summed E-state index contributed by atoms with van der Waals surface area (Å²) in [7, 11) is 0. The zero-order chi connectivity index (χ0) is 21.5. The summed E-state index contributed by atoms with van der Waals surface area (Å²) in [6, 6.07) is 15.4. The van der Waals surface area contributed by atoms with Crippen molar-refractivity contribution < 1.29 is 4.79 Å². The highest BCUT2D eigenvalue weighted by Gasteiger charge is 2.13. The molecule has 2 aromatic carbocycles. The minimum Gasteiger partial charge on any atom is -0.381 e. The van der Waals surface area contributed by atoms with Crippen LogP contribution >= 0.6 is 11.6 Å². The predicted molar refractivity (Wildman–Crippen MR) is 126 cm³/mol. The molecule has 2 N–H and O–H groups in total. The third-order valence-corrected chi connectivity index (χ3v) is 5.71. The molecule has 1 saturated heterocycles. The first kappa shape index (κ1) is 21.4. The van der Waals surface area contributed by atoms with Gasteiger partial charge in [0.2, 0.25) is 5.91 Å². The van der Waals surface area contributed by atoms with Crippen molar-refractivity contribution in [2.45, 2.75) is 32.2 Å². The lowest BCUT2D eigenvalue weighted by Gasteiger charge is -2.19. The number of benzene rings is 2. The minimum atomic E-state index is 0.0530. The summed E-state index contributed by atoms with van der Waals surface area (Å²) in [5, 5.41) is 11.5. The van der Waals surface area contributed by atoms with Crippen molar-refractivity contribution in [3.8, 4) is 5.69 Å². The number of hydrogen-bond acceptors (Lipinski definition) is 4. The summed E-state index contributed by atoms with van der Waals surface area (Å²) in [5.74, 6) is 0.0530. The van der Waals surface area contributed by atoms with Crippen LogP contribution in [0.1, 0.15) is 31.2 Å². The maximum Gasteiger partial charge on any atom is 0.238 e. The lowest BCUT2D eigenvalue weighted by Crippen LogP contribution is -2.33. The van der Waals surface area contributed by atoms with Gasteiger partial charge in [-0.25, -0.2) is 4.68 Å². The summed E-state index contributed by atoms with van der Waals surface area (Å²) in [6.07, 6.45) is 8.76. The quantitative estimate of drug-likeness (QED) is 0.548. The second-order valence-corrected chi connectivity index (χ2v) is 8.38. The minimum absolute atomic E-state index is 0.0530. The first-order chi connectivity index (χ1) is 15.2. The van der Waals surface area contributed by atoms with Gasteiger partial charge in [0.1, 0.15) is 0 Å². The molecular weight excluding hydrogens is 410 g/mol. The van der Waals surface area contributed by atoms with E-state index in [1.54, 1.807) is 0 Å². The van der Waals surface area contributed by atoms with Crippen molar-refractivity contribution in [3.05, 3.63) is 71.5 Å². The summed E-state index contributed by atoms with van der Waals surface area (Å²) in [5.41, 5.74) is 3.85. The second-order valence-electron chi connectivity index (χ2n) is 7.94. The van der Waals surface area contributed by atoms with Gasteiger partial charge >= 0.3 is 0 Å². The number of anilines is 2. The van der Waals surface area contributed by atoms with Crippen molar-refractivity contribution in [2.24, 2.45) is 0 Å². The summed E-state index contributed by atoms with van der Waals surface area (Å²) >= 11 is 5.95. The van der Waals surface area contributed by atoms with E-state index < -0.39 is 0 Å². The Kier molecular flexibility index (Phi) is 7.22. The van der Waals surface area contributed by atoms with Crippen LogP contribution in [0, 0.1) is 0 Å². The first-order valence-electron chi connectivity index (χ1n) is 10.8. The fraction of sp³-hybridized carbons (Fsp3) is 0.333. The van der Waals surface area contributed by atoms with Crippen LogP contribution in [0.25, 0.3) is 5.69 Å². The van der Waals surface area contributed by atoms with Crippen LogP contribution in [-0.2, 0) is 11.3 Å². The van der Waals surface area contributed by atoms with Crippen molar-refractivity contribution in [1.82, 2.24) is 14.7 Å². The van der Waals surface area contributed by atoms with E-state index in [1.807, 2.05) is 65.6 Å². The van der Waals surface area contributed by atoms with Crippen LogP contribution in [0.15, 0.2) is 60.9 Å². The molecule has 7 heteroatoms. The molecule has 3 aromatic rings. The zero-order valence-corrected chi connectivity index (χ0v) is 18.3. The Morgan fingerprint density at radius 3 is 2.32 bits per heavy atom. The van der Waals surface area contributed by atoms with Crippen molar-refractivity contribution >= 4 is 28.9 Å². The summed E-state index contributed by atoms with van der Waals surface area (Å²) < 4.78 is 1.83. The fourth-order valence-electron chi connectivity index (χ4n) is 3.76. The Morgan fingerprint density at radius 2 is 1.61 bits per heavy atom. The van der Waals surface area contributed by atoms with Crippen LogP contribution in [0.5, 0.6) is 0 Å². The van der Waals surface area contributed by atoms with Crippen LogP contribution in [0.3, 0.4) is 0 Å². The lowest BCUT2D eigenvalue weighted by molar-refractivity contribution is -0.117. The molecule has 0 unspecified atom stereocenters. The van der Waals surface area contributed by atoms with Gasteiger partial charge < -0.3 is 10.6 Å². The first-order valence-corrected chi connectivity index (χ1v) is 11.2. The molecular formula is C24H28ClN5O. The van der Waals surface area contributed by atoms with E-state index in [0.29, 0.717) is 18.1 Å². The number of nitrogens with one attached hydrogen (secondary N) is 2. The lowest BCUT2D eigenvalue weighted by atomic mass is 10.2. The van der Waals surface area contributed by atoms with E-state index in [0.717, 1.165) is 35.7 Å². The molecule has 1 aliphatic rings. The van der Waals surface area contributed by atoms with Crippen molar-refractivity contribution in [2.75, 3.05) is 30.3 Å². The monoisotopic (exact) mass is 437 g/mol. The summed E-state index contributed by atoms with van der Waals surface area (Å²) in [4.78, 5) is 14.6. The number of carbonyl (C=O) groups excluding carboxylic acids is 1. The van der Waals surface area contributed by atoms with E-state index in [-0.39, 0.29) is 5.91 Å². The number of halogens is 1. The SMILES string of the molecule is O=C(CN1CCCCCC1)Nc1ccc(NCc2cnn(-c3ccc(Cl)cc3)c2)cc1. The zero-order valence-electron chi connectivity index (χ0n) is 17.6. The molecule has 31 heavy (non-hydrogen) atoms. The maximum atomic E-state index is 12.3. The number of hydrogen-bond donors (Lipinski definition) is 2. The van der Waals surface area contributed by atoms with Gasteiger partial charge in [0.05, 0.1) is 18.4 Å². The molecule has 1 aromatic heterocycles. The molecule has 0 spiro atoms. The number of amides is 1. The number of carbonyl (C=O) groups is 1. The van der Waals surface area contributed by atoms with E-state index in [2.05, 4.69) is 20.6 Å². The van der Waals surface area contributed by atoms with Gasteiger partial charge in [-0.2, -0.15) is 5.10 Å². The van der Waals surface area contributed by atoms with Gasteiger partial charge in [-0.1, -0.05) is 24.4 Å². The molecule has 1 aliphatic heterocycles. The van der Waals surface area contributed by atoms with Crippen LogP contribution in [0.2, 0.25) is 5.02 Å². The average molecular weight is 438 g/mol. The molecule has 1 amide bonds. The van der Waals surface area contributed by atoms with Gasteiger partial charge in [-0.15, -0.1) is 0 Å². The van der Waals surface area contributed by atoms with E-state index in [4.69, 9.17) is 11.6 Å². The largest absolute Gasteiger partial charge is 0.381 e. The van der Waals surface area contributed by atoms with Gasteiger partial charge in [0.15, 0.2) is 0 Å². The third-order valence-electron chi connectivity index (χ3n) is 5.46. The highest BCUT2D eigenvalue weighted by molar-refractivity contribution is 6.30. The number of likely N-dealkylation sites (tertiary alicyclic amines) is 1. The molecule has 6 nitrogen and oxygen atoms in total. The molecule has 162 valence electrons. The predicted octanol–water partition coefficient (Wildman–Crippen LogP) is 4.95. The van der Waals surface area contributed by atoms with Crippen LogP contribution in [-0.4, -0.2) is 40.2 Å². The molecule has 0 radical (unpaired) electrons. The standard InChI is InChI=1S/C24H28ClN5O/c25-20-5-11-23(12-6-20)30-17-19(16-27-30)15-26-21-7-9-22(10-8-21)28-24(31)18-29-13-3-1-2-4-14-29/h5-12,16-17,26H,1-4,13-15,18H2,(H,28,31). The smallest absolute Gasteiger partial charge is 0.238 e. The summed E-state index contributed by atoms with van der Waals surface area (Å²) in [6.45, 7) is 3.17. The van der Waals surface area contributed by atoms with Crippen molar-refractivity contribution in [3.63, 3.8) is 0 Å². The molecule has 0 aliphatic carbocycles. The van der Waals surface area contributed by atoms with Gasteiger partial charge in [-0.05, 0) is 74.5 Å². The van der Waals surface area contributed by atoms with Crippen LogP contribution in [0.4, 0.5) is 11.4 Å². The molecule has 2 heterocycles. The highest BCUT2D eigenvalue weighted by Crippen LogP contribution is 2.17. The number of aromatic nitrogens is 2. The number of rotatable bonds is 7. The highest BCUT2D eigenvalue weighted by atomic mass is 35.5. The van der Waals surface area contributed by atoms with Crippen molar-refractivity contribution in [1.29, 1.82) is 0 Å². The second kappa shape index (κ2) is 10.5. The van der Waals surface area contributed by atoms with Crippen LogP contribution < -0.4 is 10.6 Å². The molecule has 1 fully saturated rings. The average Bonchev–Trinajstić information content (AvgIpc) is 3.10. The Labute approximate surface area is 188 Å². The molecule has 0 atom stereocenters. The molecule has 0 bridgehead atoms. The van der Waals surface area contributed by atoms with Gasteiger partial charge in [-0.3, -0.25) is 9.69 Å². The Morgan fingerprint density at radius 1 is 0.935 bits per heavy atom. The van der Waals surface area contributed by atoms with E-state index in [1.165, 1.54) is 25.7 Å². The third kappa shape index (κ3) is 6.32. The Hall–Kier alpha value is -2.83. The fourth-order valence-corrected chi connectivity index (χ4v) is 3.89.